The minimum Gasteiger partial charge on any atom is -0.493 e. The highest BCUT2D eigenvalue weighted by atomic mass is 32.1. The van der Waals surface area contributed by atoms with E-state index in [1.165, 1.54) is 21.9 Å². The number of rotatable bonds is 6. The van der Waals surface area contributed by atoms with E-state index in [0.717, 1.165) is 11.3 Å². The van der Waals surface area contributed by atoms with Crippen LogP contribution in [0, 0.1) is 13.8 Å². The molecule has 2 heterocycles. The van der Waals surface area contributed by atoms with E-state index in [1.807, 2.05) is 31.2 Å². The summed E-state index contributed by atoms with van der Waals surface area (Å²) in [5, 5.41) is 4.63. The lowest BCUT2D eigenvalue weighted by Crippen LogP contribution is -2.14. The second-order valence-electron chi connectivity index (χ2n) is 5.45. The summed E-state index contributed by atoms with van der Waals surface area (Å²) in [6, 6.07) is 9.01. The third-order valence-corrected chi connectivity index (χ3v) is 4.31. The molecule has 0 aliphatic heterocycles. The van der Waals surface area contributed by atoms with Crippen LogP contribution < -0.4 is 10.3 Å². The smallest absolute Gasteiger partial charge is 0.309 e. The predicted molar refractivity (Wildman–Crippen MR) is 93.0 cm³/mol. The normalized spacial score (nSPS) is 10.8. The second kappa shape index (κ2) is 7.43. The summed E-state index contributed by atoms with van der Waals surface area (Å²) in [6.07, 6.45) is 0.135. The molecule has 0 aliphatic rings. The van der Waals surface area contributed by atoms with E-state index in [-0.39, 0.29) is 31.2 Å². The van der Waals surface area contributed by atoms with Gasteiger partial charge in [-0.3, -0.25) is 9.59 Å². The maximum absolute atomic E-state index is 11.8. The van der Waals surface area contributed by atoms with E-state index in [1.54, 1.807) is 6.92 Å². The van der Waals surface area contributed by atoms with Gasteiger partial charge in [-0.15, -0.1) is 0 Å². The number of carbonyl (C=O) groups is 1. The molecule has 25 heavy (non-hydrogen) atoms. The predicted octanol–water partition coefficient (Wildman–Crippen LogP) is 2.28. The molecule has 2 aromatic heterocycles. The van der Waals surface area contributed by atoms with Gasteiger partial charge in [0.1, 0.15) is 12.4 Å². The lowest BCUT2D eigenvalue weighted by atomic mass is 10.2. The Hall–Kier alpha value is -2.74. The number of benzene rings is 1. The van der Waals surface area contributed by atoms with Crippen LogP contribution >= 0.6 is 11.3 Å². The van der Waals surface area contributed by atoms with E-state index < -0.39 is 0 Å². The minimum absolute atomic E-state index is 0.00964. The zero-order valence-corrected chi connectivity index (χ0v) is 14.7. The molecule has 0 unspecified atom stereocenters. The number of aryl methyl sites for hydroxylation is 2. The Labute approximate surface area is 147 Å². The van der Waals surface area contributed by atoms with Gasteiger partial charge in [-0.05, 0) is 25.5 Å². The van der Waals surface area contributed by atoms with Crippen molar-refractivity contribution in [2.45, 2.75) is 26.9 Å². The van der Waals surface area contributed by atoms with Crippen LogP contribution in [0.1, 0.15) is 22.7 Å². The van der Waals surface area contributed by atoms with Crippen molar-refractivity contribution in [3.05, 3.63) is 57.0 Å². The largest absolute Gasteiger partial charge is 0.493 e. The molecular weight excluding hydrogens is 342 g/mol. The zero-order chi connectivity index (χ0) is 17.8. The third kappa shape index (κ3) is 4.21. The standard InChI is InChI=1S/C17H17N3O4S/c1-11-5-3-4-6-13(11)23-8-7-16(22)24-10-14-19-20-15(21)9-12(2)18-17(20)25-14/h3-6,9H,7-8,10H2,1-2H3. The first-order valence-electron chi connectivity index (χ1n) is 7.73. The summed E-state index contributed by atoms with van der Waals surface area (Å²) >= 11 is 1.22. The number of nitrogens with zero attached hydrogens (tertiary/aromatic N) is 3. The van der Waals surface area contributed by atoms with Gasteiger partial charge in [0.05, 0.1) is 13.0 Å². The molecule has 0 fully saturated rings. The first-order valence-corrected chi connectivity index (χ1v) is 8.55. The fourth-order valence-electron chi connectivity index (χ4n) is 2.20. The van der Waals surface area contributed by atoms with Crippen molar-refractivity contribution < 1.29 is 14.3 Å². The maximum Gasteiger partial charge on any atom is 0.309 e. The van der Waals surface area contributed by atoms with Crippen LogP contribution in [0.15, 0.2) is 35.1 Å². The Balaban J connectivity index is 1.51. The molecule has 0 aliphatic carbocycles. The quantitative estimate of drug-likeness (QED) is 0.628. The van der Waals surface area contributed by atoms with Gasteiger partial charge < -0.3 is 9.47 Å². The summed E-state index contributed by atoms with van der Waals surface area (Å²) in [5.41, 5.74) is 1.40. The van der Waals surface area contributed by atoms with Crippen LogP contribution in [-0.4, -0.2) is 27.2 Å². The SMILES string of the molecule is Cc1cc(=O)n2nc(COC(=O)CCOc3ccccc3C)sc2n1. The molecule has 0 amide bonds. The number of fused-ring (bicyclic) bond motifs is 1. The fourth-order valence-corrected chi connectivity index (χ4v) is 3.05. The Bertz CT molecular complexity index is 964. The minimum atomic E-state index is -0.385. The Morgan fingerprint density at radius 3 is 2.88 bits per heavy atom. The molecule has 0 saturated carbocycles. The lowest BCUT2D eigenvalue weighted by Gasteiger charge is -2.08. The van der Waals surface area contributed by atoms with Crippen LogP contribution in [0.2, 0.25) is 0 Å². The van der Waals surface area contributed by atoms with Gasteiger partial charge in [0.15, 0.2) is 5.01 Å². The van der Waals surface area contributed by atoms with Crippen molar-refractivity contribution in [2.75, 3.05) is 6.61 Å². The van der Waals surface area contributed by atoms with Crippen molar-refractivity contribution in [1.82, 2.24) is 14.6 Å². The highest BCUT2D eigenvalue weighted by Gasteiger charge is 2.10. The van der Waals surface area contributed by atoms with E-state index in [4.69, 9.17) is 9.47 Å². The van der Waals surface area contributed by atoms with Crippen LogP contribution in [0.25, 0.3) is 4.96 Å². The molecule has 0 saturated heterocycles. The molecule has 0 radical (unpaired) electrons. The van der Waals surface area contributed by atoms with Crippen LogP contribution in [0.3, 0.4) is 0 Å². The van der Waals surface area contributed by atoms with Crippen LogP contribution in [-0.2, 0) is 16.1 Å². The first kappa shape index (κ1) is 17.1. The van der Waals surface area contributed by atoms with Crippen molar-refractivity contribution in [2.24, 2.45) is 0 Å². The number of hydrogen-bond acceptors (Lipinski definition) is 7. The molecule has 3 aromatic rings. The molecule has 130 valence electrons. The zero-order valence-electron chi connectivity index (χ0n) is 13.9. The van der Waals surface area contributed by atoms with Crippen LogP contribution in [0.4, 0.5) is 0 Å². The maximum atomic E-state index is 11.8. The van der Waals surface area contributed by atoms with E-state index in [2.05, 4.69) is 10.1 Å². The highest BCUT2D eigenvalue weighted by molar-refractivity contribution is 7.16. The Morgan fingerprint density at radius 2 is 2.08 bits per heavy atom. The number of para-hydroxylation sites is 1. The molecule has 0 N–H and O–H groups in total. The molecule has 0 bridgehead atoms. The van der Waals surface area contributed by atoms with Gasteiger partial charge in [-0.25, -0.2) is 4.98 Å². The monoisotopic (exact) mass is 359 g/mol. The summed E-state index contributed by atoms with van der Waals surface area (Å²) in [5.74, 6) is 0.367. The molecule has 8 heteroatoms. The second-order valence-corrected chi connectivity index (χ2v) is 6.49. The fraction of sp³-hybridized carbons (Fsp3) is 0.294. The van der Waals surface area contributed by atoms with Gasteiger partial charge >= 0.3 is 5.97 Å². The average molecular weight is 359 g/mol. The summed E-state index contributed by atoms with van der Waals surface area (Å²) in [6.45, 7) is 3.94. The highest BCUT2D eigenvalue weighted by Crippen LogP contribution is 2.16. The number of ether oxygens (including phenoxy) is 2. The van der Waals surface area contributed by atoms with Gasteiger partial charge in [-0.2, -0.15) is 9.61 Å². The third-order valence-electron chi connectivity index (χ3n) is 3.43. The lowest BCUT2D eigenvalue weighted by molar-refractivity contribution is -0.145. The van der Waals surface area contributed by atoms with Gasteiger partial charge in [-0.1, -0.05) is 29.5 Å². The van der Waals surface area contributed by atoms with Crippen molar-refractivity contribution in [3.63, 3.8) is 0 Å². The molecular formula is C17H17N3O4S. The Kier molecular flexibility index (Phi) is 5.08. The number of carbonyl (C=O) groups excluding carboxylic acids is 1. The first-order chi connectivity index (χ1) is 12.0. The number of hydrogen-bond donors (Lipinski definition) is 0. The average Bonchev–Trinajstić information content (AvgIpc) is 2.98. The number of esters is 1. The van der Waals surface area contributed by atoms with E-state index in [0.29, 0.717) is 15.7 Å². The molecule has 1 aromatic carbocycles. The molecule has 3 rings (SSSR count). The van der Waals surface area contributed by atoms with Gasteiger partial charge in [0, 0.05) is 11.8 Å². The summed E-state index contributed by atoms with van der Waals surface area (Å²) < 4.78 is 12.0. The Morgan fingerprint density at radius 1 is 1.28 bits per heavy atom. The summed E-state index contributed by atoms with van der Waals surface area (Å²) in [4.78, 5) is 28.3. The summed E-state index contributed by atoms with van der Waals surface area (Å²) in [7, 11) is 0. The number of aromatic nitrogens is 3. The van der Waals surface area contributed by atoms with Crippen molar-refractivity contribution in [3.8, 4) is 5.75 Å². The molecule has 7 nitrogen and oxygen atoms in total. The van der Waals surface area contributed by atoms with Crippen molar-refractivity contribution >= 4 is 22.3 Å². The van der Waals surface area contributed by atoms with Crippen LogP contribution in [0.5, 0.6) is 5.75 Å². The van der Waals surface area contributed by atoms with Gasteiger partial charge in [0.25, 0.3) is 5.56 Å². The molecule has 0 atom stereocenters. The van der Waals surface area contributed by atoms with E-state index >= 15 is 0 Å². The van der Waals surface area contributed by atoms with Gasteiger partial charge in [0.2, 0.25) is 4.96 Å². The topological polar surface area (TPSA) is 82.8 Å². The van der Waals surface area contributed by atoms with Crippen molar-refractivity contribution in [1.29, 1.82) is 0 Å². The van der Waals surface area contributed by atoms with E-state index in [9.17, 15) is 9.59 Å². The molecule has 0 spiro atoms.